The predicted molar refractivity (Wildman–Crippen MR) is 123 cm³/mol. The number of benzene rings is 2. The SMILES string of the molecule is Cc1cccc2c(=O)n(CCC(=O)N(C)CCCOc3cccc(S(C)(=O)=O)c3)cnc12. The van der Waals surface area contributed by atoms with Gasteiger partial charge in [-0.05, 0) is 43.2 Å². The Kier molecular flexibility index (Phi) is 7.29. The van der Waals surface area contributed by atoms with Crippen LogP contribution in [0.1, 0.15) is 18.4 Å². The first-order valence-corrected chi connectivity index (χ1v) is 12.2. The summed E-state index contributed by atoms with van der Waals surface area (Å²) in [5.74, 6) is 0.389. The molecule has 1 aromatic heterocycles. The van der Waals surface area contributed by atoms with E-state index in [4.69, 9.17) is 4.74 Å². The van der Waals surface area contributed by atoms with E-state index in [1.165, 1.54) is 23.0 Å². The van der Waals surface area contributed by atoms with Crippen LogP contribution in [0.15, 0.2) is 58.5 Å². The van der Waals surface area contributed by atoms with Crippen molar-refractivity contribution < 1.29 is 17.9 Å². The molecule has 0 saturated heterocycles. The van der Waals surface area contributed by atoms with Crippen molar-refractivity contribution in [2.24, 2.45) is 0 Å². The van der Waals surface area contributed by atoms with Crippen LogP contribution in [0, 0.1) is 6.92 Å². The Bertz CT molecular complexity index is 1280. The van der Waals surface area contributed by atoms with Gasteiger partial charge < -0.3 is 9.64 Å². The van der Waals surface area contributed by atoms with Crippen LogP contribution in [0.2, 0.25) is 0 Å². The average molecular weight is 458 g/mol. The maximum Gasteiger partial charge on any atom is 0.261 e. The van der Waals surface area contributed by atoms with E-state index in [1.807, 2.05) is 19.1 Å². The molecule has 0 radical (unpaired) electrons. The van der Waals surface area contributed by atoms with Gasteiger partial charge in [0.05, 0.1) is 28.7 Å². The molecule has 1 heterocycles. The molecule has 1 amide bonds. The van der Waals surface area contributed by atoms with E-state index < -0.39 is 9.84 Å². The number of sulfone groups is 1. The highest BCUT2D eigenvalue weighted by molar-refractivity contribution is 7.90. The fourth-order valence-corrected chi connectivity index (χ4v) is 3.97. The minimum atomic E-state index is -3.29. The standard InChI is InChI=1S/C23H27N3O5S/c1-17-7-4-10-20-22(17)24-16-26(23(20)28)13-11-21(27)25(2)12-6-14-31-18-8-5-9-19(15-18)32(3,29)30/h4-5,7-10,15-16H,6,11-14H2,1-3H3. The molecule has 3 aromatic rings. The number of hydrogen-bond donors (Lipinski definition) is 0. The Hall–Kier alpha value is -3.20. The van der Waals surface area contributed by atoms with E-state index in [-0.39, 0.29) is 29.3 Å². The fraction of sp³-hybridized carbons (Fsp3) is 0.348. The van der Waals surface area contributed by atoms with E-state index >= 15 is 0 Å². The number of para-hydroxylation sites is 1. The monoisotopic (exact) mass is 457 g/mol. The average Bonchev–Trinajstić information content (AvgIpc) is 2.76. The van der Waals surface area contributed by atoms with E-state index in [0.717, 1.165) is 11.8 Å². The van der Waals surface area contributed by atoms with Crippen molar-refractivity contribution in [2.45, 2.75) is 31.2 Å². The zero-order chi connectivity index (χ0) is 23.3. The van der Waals surface area contributed by atoms with Crippen LogP contribution < -0.4 is 10.3 Å². The summed E-state index contributed by atoms with van der Waals surface area (Å²) in [6.07, 6.45) is 3.41. The molecule has 0 unspecified atom stereocenters. The molecule has 2 aromatic carbocycles. The summed E-state index contributed by atoms with van der Waals surface area (Å²) >= 11 is 0. The molecule has 0 spiro atoms. The van der Waals surface area contributed by atoms with Gasteiger partial charge in [-0.15, -0.1) is 0 Å². The van der Waals surface area contributed by atoms with Crippen LogP contribution in [0.3, 0.4) is 0 Å². The Morgan fingerprint density at radius 2 is 1.94 bits per heavy atom. The van der Waals surface area contributed by atoms with Gasteiger partial charge in [0.25, 0.3) is 5.56 Å². The van der Waals surface area contributed by atoms with Crippen LogP contribution >= 0.6 is 0 Å². The maximum absolute atomic E-state index is 12.6. The molecule has 9 heteroatoms. The first-order valence-electron chi connectivity index (χ1n) is 10.3. The first kappa shape index (κ1) is 23.5. The number of ether oxygens (including phenoxy) is 1. The molecule has 8 nitrogen and oxygen atoms in total. The van der Waals surface area contributed by atoms with E-state index in [2.05, 4.69) is 4.98 Å². The number of fused-ring (bicyclic) bond motifs is 1. The van der Waals surface area contributed by atoms with Crippen molar-refractivity contribution in [3.8, 4) is 5.75 Å². The fourth-order valence-electron chi connectivity index (χ4n) is 3.31. The number of nitrogens with zero attached hydrogens (tertiary/aromatic N) is 3. The van der Waals surface area contributed by atoms with Crippen LogP contribution in [-0.4, -0.2) is 55.2 Å². The largest absolute Gasteiger partial charge is 0.493 e. The molecule has 0 aliphatic carbocycles. The summed E-state index contributed by atoms with van der Waals surface area (Å²) in [6.45, 7) is 2.99. The van der Waals surface area contributed by atoms with Crippen molar-refractivity contribution in [2.75, 3.05) is 26.5 Å². The predicted octanol–water partition coefficient (Wildman–Crippen LogP) is 2.43. The van der Waals surface area contributed by atoms with Crippen molar-refractivity contribution in [3.63, 3.8) is 0 Å². The van der Waals surface area contributed by atoms with Crippen LogP contribution in [0.25, 0.3) is 10.9 Å². The molecule has 32 heavy (non-hydrogen) atoms. The normalized spacial score (nSPS) is 11.5. The minimum Gasteiger partial charge on any atom is -0.493 e. The maximum atomic E-state index is 12.6. The third-order valence-electron chi connectivity index (χ3n) is 5.19. The van der Waals surface area contributed by atoms with Crippen LogP contribution in [0.4, 0.5) is 0 Å². The molecule has 0 N–H and O–H groups in total. The smallest absolute Gasteiger partial charge is 0.261 e. The van der Waals surface area contributed by atoms with Gasteiger partial charge in [-0.3, -0.25) is 14.2 Å². The van der Waals surface area contributed by atoms with E-state index in [1.54, 1.807) is 30.1 Å². The zero-order valence-electron chi connectivity index (χ0n) is 18.4. The molecular formula is C23H27N3O5S. The summed E-state index contributed by atoms with van der Waals surface area (Å²) in [6, 6.07) is 11.8. The number of aromatic nitrogens is 2. The minimum absolute atomic E-state index is 0.0830. The quantitative estimate of drug-likeness (QED) is 0.458. The molecular weight excluding hydrogens is 430 g/mol. The third kappa shape index (κ3) is 5.73. The summed E-state index contributed by atoms with van der Waals surface area (Å²) in [4.78, 5) is 31.2. The van der Waals surface area contributed by atoms with Gasteiger partial charge in [0.15, 0.2) is 9.84 Å². The van der Waals surface area contributed by atoms with Gasteiger partial charge >= 0.3 is 0 Å². The highest BCUT2D eigenvalue weighted by Crippen LogP contribution is 2.17. The number of carbonyl (C=O) groups is 1. The lowest BCUT2D eigenvalue weighted by Crippen LogP contribution is -2.31. The summed E-state index contributed by atoms with van der Waals surface area (Å²) < 4.78 is 30.3. The zero-order valence-corrected chi connectivity index (χ0v) is 19.3. The van der Waals surface area contributed by atoms with Gasteiger partial charge in [0.1, 0.15) is 5.75 Å². The number of aryl methyl sites for hydroxylation is 2. The van der Waals surface area contributed by atoms with Crippen LogP contribution in [-0.2, 0) is 21.2 Å². The molecule has 0 atom stereocenters. The molecule has 0 aliphatic rings. The van der Waals surface area contributed by atoms with Gasteiger partial charge in [-0.1, -0.05) is 18.2 Å². The Labute approximate surface area is 187 Å². The lowest BCUT2D eigenvalue weighted by atomic mass is 10.1. The Balaban J connectivity index is 1.48. The second-order valence-electron chi connectivity index (χ2n) is 7.73. The number of carbonyl (C=O) groups excluding carboxylic acids is 1. The van der Waals surface area contributed by atoms with Crippen molar-refractivity contribution in [1.29, 1.82) is 0 Å². The van der Waals surface area contributed by atoms with Crippen molar-refractivity contribution >= 4 is 26.6 Å². The van der Waals surface area contributed by atoms with Gasteiger partial charge in [0.2, 0.25) is 5.91 Å². The Morgan fingerprint density at radius 1 is 1.19 bits per heavy atom. The first-order chi connectivity index (χ1) is 15.2. The Morgan fingerprint density at radius 3 is 2.69 bits per heavy atom. The highest BCUT2D eigenvalue weighted by Gasteiger charge is 2.12. The van der Waals surface area contributed by atoms with E-state index in [9.17, 15) is 18.0 Å². The summed E-state index contributed by atoms with van der Waals surface area (Å²) in [5, 5.41) is 0.547. The molecule has 170 valence electrons. The second kappa shape index (κ2) is 9.95. The van der Waals surface area contributed by atoms with Crippen LogP contribution in [0.5, 0.6) is 5.75 Å². The number of rotatable bonds is 9. The lowest BCUT2D eigenvalue weighted by molar-refractivity contribution is -0.130. The molecule has 0 bridgehead atoms. The third-order valence-corrected chi connectivity index (χ3v) is 6.30. The highest BCUT2D eigenvalue weighted by atomic mass is 32.2. The molecule has 3 rings (SSSR count). The topological polar surface area (TPSA) is 98.6 Å². The summed E-state index contributed by atoms with van der Waals surface area (Å²) in [5.41, 5.74) is 1.46. The van der Waals surface area contributed by atoms with E-state index in [0.29, 0.717) is 36.2 Å². The van der Waals surface area contributed by atoms with Gasteiger partial charge in [-0.2, -0.15) is 0 Å². The number of hydrogen-bond acceptors (Lipinski definition) is 6. The molecule has 0 aliphatic heterocycles. The lowest BCUT2D eigenvalue weighted by Gasteiger charge is -2.18. The van der Waals surface area contributed by atoms with Gasteiger partial charge in [0, 0.05) is 32.8 Å². The van der Waals surface area contributed by atoms with Crippen molar-refractivity contribution in [3.05, 3.63) is 64.7 Å². The molecule has 0 fully saturated rings. The second-order valence-corrected chi connectivity index (χ2v) is 9.74. The molecule has 0 saturated carbocycles. The van der Waals surface area contributed by atoms with Gasteiger partial charge in [-0.25, -0.2) is 13.4 Å². The van der Waals surface area contributed by atoms with Crippen molar-refractivity contribution in [1.82, 2.24) is 14.5 Å². The number of amides is 1. The summed E-state index contributed by atoms with van der Waals surface area (Å²) in [7, 11) is -1.58.